The van der Waals surface area contributed by atoms with E-state index in [2.05, 4.69) is 10.3 Å². The van der Waals surface area contributed by atoms with Crippen molar-refractivity contribution in [2.24, 2.45) is 5.92 Å². The minimum absolute atomic E-state index is 0.0370. The molecule has 8 nitrogen and oxygen atoms in total. The van der Waals surface area contributed by atoms with Gasteiger partial charge < -0.3 is 19.9 Å². The predicted octanol–water partition coefficient (Wildman–Crippen LogP) is 4.08. The number of rotatable bonds is 8. The maximum Gasteiger partial charge on any atom is 0.290 e. The fourth-order valence-corrected chi connectivity index (χ4v) is 4.48. The summed E-state index contributed by atoms with van der Waals surface area (Å²) in [4.78, 5) is 29.5. The molecule has 2 aromatic heterocycles. The average molecular weight is 464 g/mol. The molecule has 0 fully saturated rings. The summed E-state index contributed by atoms with van der Waals surface area (Å²) in [5.74, 6) is -0.780. The van der Waals surface area contributed by atoms with E-state index in [9.17, 15) is 14.7 Å². The van der Waals surface area contributed by atoms with Crippen molar-refractivity contribution in [2.75, 3.05) is 18.5 Å². The van der Waals surface area contributed by atoms with Crippen LogP contribution in [-0.4, -0.2) is 46.0 Å². The van der Waals surface area contributed by atoms with Gasteiger partial charge in [-0.3, -0.25) is 19.1 Å². The number of para-hydroxylation sites is 1. The third-order valence-corrected chi connectivity index (χ3v) is 6.00. The number of aliphatic hydroxyl groups is 1. The van der Waals surface area contributed by atoms with E-state index in [1.54, 1.807) is 35.2 Å². The number of anilines is 1. The summed E-state index contributed by atoms with van der Waals surface area (Å²) >= 11 is 0. The maximum absolute atomic E-state index is 13.1. The van der Waals surface area contributed by atoms with E-state index >= 15 is 0 Å². The van der Waals surface area contributed by atoms with Gasteiger partial charge in [0.15, 0.2) is 5.76 Å². The molecule has 1 amide bonds. The van der Waals surface area contributed by atoms with Gasteiger partial charge in [-0.1, -0.05) is 18.2 Å². The largest absolute Gasteiger partial charge is 0.459 e. The van der Waals surface area contributed by atoms with Gasteiger partial charge in [0.2, 0.25) is 12.2 Å². The molecule has 0 saturated heterocycles. The number of aromatic nitrogens is 2. The van der Waals surface area contributed by atoms with E-state index in [0.29, 0.717) is 25.1 Å². The summed E-state index contributed by atoms with van der Waals surface area (Å²) < 4.78 is 13.6. The third kappa shape index (κ3) is 4.88. The molecule has 0 bridgehead atoms. The zero-order chi connectivity index (χ0) is 24.1. The van der Waals surface area contributed by atoms with Crippen molar-refractivity contribution >= 4 is 28.4 Å². The quantitative estimate of drug-likeness (QED) is 0.522. The van der Waals surface area contributed by atoms with Crippen molar-refractivity contribution in [2.45, 2.75) is 38.9 Å². The van der Waals surface area contributed by atoms with Crippen LogP contribution in [0.1, 0.15) is 43.0 Å². The SMILES string of the molecule is CCO[C@H]1OC(C(=O)Nc2cccnc2)=C[C@@H](c2cn(C(C)=O)c3ccccc23)[C@@H]1CCCO. The number of aliphatic hydroxyl groups excluding tert-OH is 1. The van der Waals surface area contributed by atoms with E-state index in [1.165, 1.54) is 6.92 Å². The molecule has 178 valence electrons. The van der Waals surface area contributed by atoms with Crippen molar-refractivity contribution in [3.8, 4) is 0 Å². The van der Waals surface area contributed by atoms with Gasteiger partial charge in [-0.05, 0) is 49.6 Å². The molecule has 0 saturated carbocycles. The molecule has 34 heavy (non-hydrogen) atoms. The fourth-order valence-electron chi connectivity index (χ4n) is 4.48. The lowest BCUT2D eigenvalue weighted by Gasteiger charge is -2.36. The summed E-state index contributed by atoms with van der Waals surface area (Å²) in [5.41, 5.74) is 2.27. The molecule has 0 unspecified atom stereocenters. The Hall–Kier alpha value is -3.49. The second-order valence-corrected chi connectivity index (χ2v) is 8.21. The Labute approximate surface area is 198 Å². The highest BCUT2D eigenvalue weighted by atomic mass is 16.7. The van der Waals surface area contributed by atoms with Crippen LogP contribution in [0.25, 0.3) is 10.9 Å². The van der Waals surface area contributed by atoms with E-state index in [0.717, 1.165) is 16.5 Å². The molecule has 3 atom stereocenters. The zero-order valence-electron chi connectivity index (χ0n) is 19.3. The maximum atomic E-state index is 13.1. The number of hydrogen-bond acceptors (Lipinski definition) is 6. The van der Waals surface area contributed by atoms with Crippen LogP contribution in [0.4, 0.5) is 5.69 Å². The molecule has 0 spiro atoms. The van der Waals surface area contributed by atoms with E-state index in [1.807, 2.05) is 37.4 Å². The highest BCUT2D eigenvalue weighted by molar-refractivity contribution is 6.02. The summed E-state index contributed by atoms with van der Waals surface area (Å²) in [6.07, 6.45) is 7.33. The number of benzene rings is 1. The molecular weight excluding hydrogens is 434 g/mol. The van der Waals surface area contributed by atoms with Gasteiger partial charge >= 0.3 is 0 Å². The predicted molar refractivity (Wildman–Crippen MR) is 128 cm³/mol. The van der Waals surface area contributed by atoms with Crippen LogP contribution in [0.15, 0.2) is 66.8 Å². The van der Waals surface area contributed by atoms with E-state index in [4.69, 9.17) is 9.47 Å². The normalized spacial score (nSPS) is 20.0. The summed E-state index contributed by atoms with van der Waals surface area (Å²) in [6.45, 7) is 3.83. The number of pyridine rings is 1. The minimum Gasteiger partial charge on any atom is -0.459 e. The van der Waals surface area contributed by atoms with Gasteiger partial charge in [0.05, 0.1) is 17.4 Å². The molecule has 0 aliphatic carbocycles. The molecule has 1 aliphatic rings. The van der Waals surface area contributed by atoms with Gasteiger partial charge in [0, 0.05) is 49.8 Å². The Morgan fingerprint density at radius 3 is 2.76 bits per heavy atom. The number of hydrogen-bond donors (Lipinski definition) is 2. The van der Waals surface area contributed by atoms with Gasteiger partial charge in [-0.15, -0.1) is 0 Å². The first-order valence-electron chi connectivity index (χ1n) is 11.5. The third-order valence-electron chi connectivity index (χ3n) is 6.00. The molecule has 1 aromatic carbocycles. The molecule has 1 aliphatic heterocycles. The monoisotopic (exact) mass is 463 g/mol. The summed E-state index contributed by atoms with van der Waals surface area (Å²) in [6, 6.07) is 11.2. The number of carbonyl (C=O) groups excluding carboxylic acids is 2. The van der Waals surface area contributed by atoms with Gasteiger partial charge in [-0.2, -0.15) is 0 Å². The van der Waals surface area contributed by atoms with Crippen LogP contribution in [0.5, 0.6) is 0 Å². The number of fused-ring (bicyclic) bond motifs is 1. The lowest BCUT2D eigenvalue weighted by molar-refractivity contribution is -0.164. The lowest BCUT2D eigenvalue weighted by Crippen LogP contribution is -2.37. The smallest absolute Gasteiger partial charge is 0.290 e. The minimum atomic E-state index is -0.680. The first kappa shape index (κ1) is 23.7. The number of ether oxygens (including phenoxy) is 2. The number of allylic oxidation sites excluding steroid dienone is 1. The van der Waals surface area contributed by atoms with Crippen LogP contribution >= 0.6 is 0 Å². The van der Waals surface area contributed by atoms with E-state index < -0.39 is 12.2 Å². The van der Waals surface area contributed by atoms with Crippen molar-refractivity contribution in [1.82, 2.24) is 9.55 Å². The van der Waals surface area contributed by atoms with Crippen LogP contribution in [0.3, 0.4) is 0 Å². The van der Waals surface area contributed by atoms with Crippen molar-refractivity contribution in [3.63, 3.8) is 0 Å². The Kier molecular flexibility index (Phi) is 7.40. The number of nitrogens with zero attached hydrogens (tertiary/aromatic N) is 2. The van der Waals surface area contributed by atoms with Crippen LogP contribution in [-0.2, 0) is 14.3 Å². The first-order chi connectivity index (χ1) is 16.5. The Bertz CT molecular complexity index is 1190. The molecule has 0 radical (unpaired) electrons. The standard InChI is InChI=1S/C26H29N3O5/c1-3-33-26-20(10-7-13-30)21(14-24(34-26)25(32)28-18-8-6-12-27-15-18)22-16-29(17(2)31)23-11-5-4-9-19(22)23/h4-6,8-9,11-12,14-16,20-21,26,30H,3,7,10,13H2,1-2H3,(H,28,32)/t20-,21+,26-/m0/s1. The summed E-state index contributed by atoms with van der Waals surface area (Å²) in [7, 11) is 0. The molecule has 4 rings (SSSR count). The van der Waals surface area contributed by atoms with Crippen LogP contribution in [0, 0.1) is 5.92 Å². The van der Waals surface area contributed by atoms with Gasteiger partial charge in [0.1, 0.15) is 0 Å². The van der Waals surface area contributed by atoms with Gasteiger partial charge in [0.25, 0.3) is 5.91 Å². The Balaban J connectivity index is 1.80. The van der Waals surface area contributed by atoms with Crippen LogP contribution < -0.4 is 5.32 Å². The molecule has 3 heterocycles. The fraction of sp³-hybridized carbons (Fsp3) is 0.346. The number of nitrogens with one attached hydrogen (secondary N) is 1. The zero-order valence-corrected chi connectivity index (χ0v) is 19.3. The topological polar surface area (TPSA) is 103 Å². The first-order valence-corrected chi connectivity index (χ1v) is 11.5. The number of amides is 1. The number of carbonyl (C=O) groups is 2. The molecule has 3 aromatic rings. The van der Waals surface area contributed by atoms with Gasteiger partial charge in [-0.25, -0.2) is 0 Å². The lowest BCUT2D eigenvalue weighted by atomic mass is 9.80. The van der Waals surface area contributed by atoms with Crippen LogP contribution in [0.2, 0.25) is 0 Å². The molecular formula is C26H29N3O5. The van der Waals surface area contributed by atoms with Crippen molar-refractivity contribution in [3.05, 3.63) is 72.4 Å². The second-order valence-electron chi connectivity index (χ2n) is 8.21. The van der Waals surface area contributed by atoms with E-state index in [-0.39, 0.29) is 30.1 Å². The highest BCUT2D eigenvalue weighted by Gasteiger charge is 2.39. The second kappa shape index (κ2) is 10.6. The molecule has 8 heteroatoms. The Morgan fingerprint density at radius 1 is 1.24 bits per heavy atom. The molecule has 2 N–H and O–H groups in total. The Morgan fingerprint density at radius 2 is 2.06 bits per heavy atom. The van der Waals surface area contributed by atoms with Crippen molar-refractivity contribution in [1.29, 1.82) is 0 Å². The highest BCUT2D eigenvalue weighted by Crippen LogP contribution is 2.42. The average Bonchev–Trinajstić information content (AvgIpc) is 3.23. The van der Waals surface area contributed by atoms with Crippen molar-refractivity contribution < 1.29 is 24.2 Å². The summed E-state index contributed by atoms with van der Waals surface area (Å²) in [5, 5.41) is 13.3.